The summed E-state index contributed by atoms with van der Waals surface area (Å²) in [6, 6.07) is 4.46. The molecule has 9 heteroatoms. The first-order chi connectivity index (χ1) is 17.3. The summed E-state index contributed by atoms with van der Waals surface area (Å²) >= 11 is 6.54. The first-order valence-corrected chi connectivity index (χ1v) is 12.7. The first-order valence-electron chi connectivity index (χ1n) is 12.4. The lowest BCUT2D eigenvalue weighted by Gasteiger charge is -2.37. The molecule has 2 bridgehead atoms. The Kier molecular flexibility index (Phi) is 7.87. The summed E-state index contributed by atoms with van der Waals surface area (Å²) in [5.41, 5.74) is 0.233. The molecule has 1 spiro atoms. The second-order valence-electron chi connectivity index (χ2n) is 9.58. The molecule has 3 aliphatic heterocycles. The number of fused-ring (bicyclic) bond motifs is 1. The largest absolute Gasteiger partial charge is 0.461 e. The van der Waals surface area contributed by atoms with Crippen molar-refractivity contribution in [3.8, 4) is 0 Å². The van der Waals surface area contributed by atoms with Gasteiger partial charge in [0.15, 0.2) is 0 Å². The third-order valence-electron chi connectivity index (χ3n) is 7.49. The van der Waals surface area contributed by atoms with Gasteiger partial charge in [0.2, 0.25) is 5.91 Å². The standard InChI is InChI=1S/C27H33ClN2O6/c1-4-13-29(22-17(3)9-8-10-18(22)28)25(33)23-27-12-11-19(36-27)20(26(34)35-16-5-2)21(27)24(32)30(23)14-6-7-15-31/h4-5,8-10,19-21,23,31H,1-2,6-7,11-16H2,3H3/t19-,20+,21+,23?,27?/m1/s1. The van der Waals surface area contributed by atoms with Gasteiger partial charge in [0.25, 0.3) is 5.91 Å². The number of rotatable bonds is 11. The fraction of sp³-hybridized carbons (Fsp3) is 0.519. The number of hydrogen-bond donors (Lipinski definition) is 1. The van der Waals surface area contributed by atoms with Crippen molar-refractivity contribution < 1.29 is 29.0 Å². The Morgan fingerprint density at radius 1 is 1.33 bits per heavy atom. The highest BCUT2D eigenvalue weighted by atomic mass is 35.5. The van der Waals surface area contributed by atoms with Crippen LogP contribution in [0.15, 0.2) is 43.5 Å². The van der Waals surface area contributed by atoms with E-state index in [0.29, 0.717) is 36.4 Å². The molecule has 2 unspecified atom stereocenters. The Balaban J connectivity index is 1.77. The normalized spacial score (nSPS) is 28.2. The number of hydrogen-bond acceptors (Lipinski definition) is 6. The van der Waals surface area contributed by atoms with E-state index in [1.807, 2.05) is 19.1 Å². The van der Waals surface area contributed by atoms with Gasteiger partial charge in [-0.2, -0.15) is 0 Å². The highest BCUT2D eigenvalue weighted by molar-refractivity contribution is 6.34. The van der Waals surface area contributed by atoms with Crippen LogP contribution in [-0.4, -0.2) is 71.8 Å². The maximum atomic E-state index is 14.4. The van der Waals surface area contributed by atoms with Crippen LogP contribution in [-0.2, 0) is 23.9 Å². The van der Waals surface area contributed by atoms with Crippen LogP contribution in [0.5, 0.6) is 0 Å². The Hall–Kier alpha value is -2.68. The number of aliphatic hydroxyl groups excluding tert-OH is 1. The van der Waals surface area contributed by atoms with Crippen molar-refractivity contribution in [2.24, 2.45) is 11.8 Å². The van der Waals surface area contributed by atoms with E-state index >= 15 is 0 Å². The molecule has 3 heterocycles. The molecule has 4 rings (SSSR count). The predicted molar refractivity (Wildman–Crippen MR) is 136 cm³/mol. The summed E-state index contributed by atoms with van der Waals surface area (Å²) in [6.45, 7) is 9.74. The monoisotopic (exact) mass is 516 g/mol. The maximum absolute atomic E-state index is 14.4. The van der Waals surface area contributed by atoms with Crippen LogP contribution >= 0.6 is 11.6 Å². The van der Waals surface area contributed by atoms with Gasteiger partial charge in [-0.1, -0.05) is 42.5 Å². The second kappa shape index (κ2) is 10.7. The van der Waals surface area contributed by atoms with Crippen LogP contribution in [0.3, 0.4) is 0 Å². The molecule has 1 N–H and O–H groups in total. The van der Waals surface area contributed by atoms with Crippen LogP contribution < -0.4 is 4.90 Å². The number of esters is 1. The third kappa shape index (κ3) is 4.25. The molecular formula is C27H33ClN2O6. The molecule has 0 saturated carbocycles. The van der Waals surface area contributed by atoms with Gasteiger partial charge in [-0.05, 0) is 44.2 Å². The first kappa shape index (κ1) is 26.4. The minimum absolute atomic E-state index is 0.0221. The van der Waals surface area contributed by atoms with E-state index in [2.05, 4.69) is 13.2 Å². The summed E-state index contributed by atoms with van der Waals surface area (Å²) in [5, 5.41) is 9.73. The van der Waals surface area contributed by atoms with Crippen molar-refractivity contribution >= 4 is 35.1 Å². The molecule has 1 aromatic carbocycles. The molecule has 3 fully saturated rings. The van der Waals surface area contributed by atoms with E-state index in [1.54, 1.807) is 21.9 Å². The molecule has 3 saturated heterocycles. The summed E-state index contributed by atoms with van der Waals surface area (Å²) in [5.74, 6) is -2.71. The zero-order valence-electron chi connectivity index (χ0n) is 20.5. The Bertz CT molecular complexity index is 1040. The maximum Gasteiger partial charge on any atom is 0.312 e. The zero-order valence-corrected chi connectivity index (χ0v) is 21.3. The molecule has 194 valence electrons. The number of carbonyl (C=O) groups excluding carboxylic acids is 3. The average molecular weight is 517 g/mol. The number of amides is 2. The molecule has 36 heavy (non-hydrogen) atoms. The summed E-state index contributed by atoms with van der Waals surface area (Å²) in [6.07, 6.45) is 4.64. The summed E-state index contributed by atoms with van der Waals surface area (Å²) in [4.78, 5) is 44.3. The van der Waals surface area contributed by atoms with Crippen molar-refractivity contribution in [1.29, 1.82) is 0 Å². The topological polar surface area (TPSA) is 96.4 Å². The number of ether oxygens (including phenoxy) is 2. The van der Waals surface area contributed by atoms with Gasteiger partial charge in [0, 0.05) is 19.7 Å². The minimum atomic E-state index is -1.13. The van der Waals surface area contributed by atoms with Gasteiger partial charge in [-0.25, -0.2) is 0 Å². The number of anilines is 1. The number of para-hydroxylation sites is 1. The van der Waals surface area contributed by atoms with E-state index in [9.17, 15) is 19.5 Å². The molecule has 2 amide bonds. The number of benzene rings is 1. The predicted octanol–water partition coefficient (Wildman–Crippen LogP) is 3.04. The number of nitrogens with zero attached hydrogens (tertiary/aromatic N) is 2. The van der Waals surface area contributed by atoms with Gasteiger partial charge in [0.1, 0.15) is 18.2 Å². The number of likely N-dealkylation sites (tertiary alicyclic amines) is 1. The quantitative estimate of drug-likeness (QED) is 0.276. The summed E-state index contributed by atoms with van der Waals surface area (Å²) < 4.78 is 11.7. The van der Waals surface area contributed by atoms with E-state index in [4.69, 9.17) is 21.1 Å². The van der Waals surface area contributed by atoms with Gasteiger partial charge >= 0.3 is 5.97 Å². The fourth-order valence-electron chi connectivity index (χ4n) is 6.11. The molecule has 0 radical (unpaired) electrons. The second-order valence-corrected chi connectivity index (χ2v) is 9.99. The van der Waals surface area contributed by atoms with Crippen LogP contribution in [0.1, 0.15) is 31.2 Å². The van der Waals surface area contributed by atoms with Gasteiger partial charge < -0.3 is 24.4 Å². The van der Waals surface area contributed by atoms with Gasteiger partial charge in [-0.15, -0.1) is 6.58 Å². The number of aryl methyl sites for hydroxylation is 1. The molecule has 1 aromatic rings. The number of halogens is 1. The lowest BCUT2D eigenvalue weighted by molar-refractivity contribution is -0.154. The summed E-state index contributed by atoms with van der Waals surface area (Å²) in [7, 11) is 0. The number of carbonyl (C=O) groups is 3. The van der Waals surface area contributed by atoms with Crippen molar-refractivity contribution in [3.05, 3.63) is 54.1 Å². The molecule has 8 nitrogen and oxygen atoms in total. The lowest BCUT2D eigenvalue weighted by atomic mass is 9.70. The smallest absolute Gasteiger partial charge is 0.312 e. The minimum Gasteiger partial charge on any atom is -0.461 e. The van der Waals surface area contributed by atoms with Crippen molar-refractivity contribution in [2.45, 2.75) is 50.4 Å². The Labute approximate surface area is 216 Å². The van der Waals surface area contributed by atoms with Crippen LogP contribution in [0.4, 0.5) is 5.69 Å². The van der Waals surface area contributed by atoms with E-state index < -0.39 is 35.6 Å². The van der Waals surface area contributed by atoms with Crippen LogP contribution in [0.25, 0.3) is 0 Å². The number of aliphatic hydroxyl groups is 1. The van der Waals surface area contributed by atoms with E-state index in [0.717, 1.165) is 5.56 Å². The Morgan fingerprint density at radius 2 is 2.11 bits per heavy atom. The average Bonchev–Trinajstić information content (AvgIpc) is 3.49. The van der Waals surface area contributed by atoms with Crippen LogP contribution in [0, 0.1) is 18.8 Å². The molecule has 0 aliphatic carbocycles. The fourth-order valence-corrected chi connectivity index (χ4v) is 6.43. The van der Waals surface area contributed by atoms with Crippen molar-refractivity contribution in [2.75, 3.05) is 31.2 Å². The SMILES string of the molecule is C=CCOC(=O)[C@@H]1[C@H]2C(=O)N(CCCCO)C(C(=O)N(CC=C)c3c(C)cccc3Cl)C23CC[C@H]1O3. The van der Waals surface area contributed by atoms with Crippen molar-refractivity contribution in [1.82, 2.24) is 4.90 Å². The van der Waals surface area contributed by atoms with Crippen molar-refractivity contribution in [3.63, 3.8) is 0 Å². The zero-order chi connectivity index (χ0) is 26.0. The molecule has 5 atom stereocenters. The van der Waals surface area contributed by atoms with E-state index in [-0.39, 0.29) is 38.1 Å². The highest BCUT2D eigenvalue weighted by Crippen LogP contribution is 2.59. The van der Waals surface area contributed by atoms with Gasteiger partial charge in [0.05, 0.1) is 28.6 Å². The van der Waals surface area contributed by atoms with Gasteiger partial charge in [-0.3, -0.25) is 14.4 Å². The third-order valence-corrected chi connectivity index (χ3v) is 7.80. The van der Waals surface area contributed by atoms with Crippen LogP contribution in [0.2, 0.25) is 5.02 Å². The molecule has 3 aliphatic rings. The Morgan fingerprint density at radius 3 is 2.78 bits per heavy atom. The molecule has 0 aromatic heterocycles. The van der Waals surface area contributed by atoms with E-state index in [1.165, 1.54) is 6.08 Å². The lowest BCUT2D eigenvalue weighted by Crippen LogP contribution is -2.56. The highest BCUT2D eigenvalue weighted by Gasteiger charge is 2.75. The molecular weight excluding hydrogens is 484 g/mol. The number of unbranched alkanes of at least 4 members (excludes halogenated alkanes) is 1.